The first-order chi connectivity index (χ1) is 10.8. The number of aromatic nitrogens is 2. The second kappa shape index (κ2) is 5.46. The van der Waals surface area contributed by atoms with E-state index in [9.17, 15) is 4.79 Å². The van der Waals surface area contributed by atoms with Crippen LogP contribution >= 0.6 is 11.3 Å². The van der Waals surface area contributed by atoms with Gasteiger partial charge in [-0.1, -0.05) is 12.1 Å². The van der Waals surface area contributed by atoms with E-state index in [4.69, 9.17) is 0 Å². The molecule has 0 aliphatic carbocycles. The van der Waals surface area contributed by atoms with Crippen LogP contribution in [0.25, 0.3) is 11.0 Å². The van der Waals surface area contributed by atoms with E-state index >= 15 is 0 Å². The molecule has 22 heavy (non-hydrogen) atoms. The summed E-state index contributed by atoms with van der Waals surface area (Å²) in [5.74, 6) is 0.146. The number of hydrogen-bond donors (Lipinski definition) is 1. The zero-order chi connectivity index (χ0) is 14.9. The van der Waals surface area contributed by atoms with Gasteiger partial charge in [-0.15, -0.1) is 11.3 Å². The maximum Gasteiger partial charge on any atom is 0.264 e. The first-order valence-corrected chi connectivity index (χ1v) is 8.21. The van der Waals surface area contributed by atoms with Crippen molar-refractivity contribution in [2.24, 2.45) is 0 Å². The van der Waals surface area contributed by atoms with Crippen LogP contribution in [0.5, 0.6) is 0 Å². The normalized spacial score (nSPS) is 15.5. The summed E-state index contributed by atoms with van der Waals surface area (Å²) >= 11 is 1.51. The van der Waals surface area contributed by atoms with Gasteiger partial charge in [0.05, 0.1) is 22.4 Å². The number of benzene rings is 1. The summed E-state index contributed by atoms with van der Waals surface area (Å²) in [6.45, 7) is 3.17. The van der Waals surface area contributed by atoms with Crippen molar-refractivity contribution in [1.29, 1.82) is 0 Å². The summed E-state index contributed by atoms with van der Waals surface area (Å²) in [7, 11) is 0. The Morgan fingerprint density at radius 1 is 1.14 bits per heavy atom. The van der Waals surface area contributed by atoms with Gasteiger partial charge in [0.15, 0.2) is 0 Å². The van der Waals surface area contributed by atoms with Gasteiger partial charge in [-0.2, -0.15) is 0 Å². The molecule has 112 valence electrons. The number of amides is 1. The standard InChI is InChI=1S/C16H16N4OS/c21-16(14-5-2-10-22-14)20-8-6-19(7-9-20)13-4-1-3-12-15(13)18-11-17-12/h1-5,10-11H,6-9H2,(H,17,18). The molecule has 0 unspecified atom stereocenters. The second-order valence-corrected chi connectivity index (χ2v) is 6.28. The molecular weight excluding hydrogens is 296 g/mol. The Morgan fingerprint density at radius 3 is 2.77 bits per heavy atom. The molecule has 0 bridgehead atoms. The maximum atomic E-state index is 12.4. The van der Waals surface area contributed by atoms with E-state index in [-0.39, 0.29) is 5.91 Å². The number of nitrogens with zero attached hydrogens (tertiary/aromatic N) is 3. The van der Waals surface area contributed by atoms with Crippen molar-refractivity contribution in [3.05, 3.63) is 46.9 Å². The van der Waals surface area contributed by atoms with Gasteiger partial charge >= 0.3 is 0 Å². The van der Waals surface area contributed by atoms with E-state index < -0.39 is 0 Å². The molecule has 4 rings (SSSR count). The fourth-order valence-corrected chi connectivity index (χ4v) is 3.60. The fraction of sp³-hybridized carbons (Fsp3) is 0.250. The van der Waals surface area contributed by atoms with Crippen LogP contribution in [0.3, 0.4) is 0 Å². The molecule has 3 heterocycles. The van der Waals surface area contributed by atoms with Crippen molar-refractivity contribution >= 4 is 34.0 Å². The van der Waals surface area contributed by atoms with Crippen molar-refractivity contribution in [2.45, 2.75) is 0 Å². The summed E-state index contributed by atoms with van der Waals surface area (Å²) < 4.78 is 0. The summed E-state index contributed by atoms with van der Waals surface area (Å²) in [6.07, 6.45) is 1.73. The Kier molecular flexibility index (Phi) is 3.31. The van der Waals surface area contributed by atoms with E-state index in [1.54, 1.807) is 6.33 Å². The monoisotopic (exact) mass is 312 g/mol. The fourth-order valence-electron chi connectivity index (χ4n) is 2.91. The molecule has 1 aliphatic rings. The molecule has 1 aromatic carbocycles. The molecule has 6 heteroatoms. The van der Waals surface area contributed by atoms with Crippen LogP contribution in [0.4, 0.5) is 5.69 Å². The summed E-state index contributed by atoms with van der Waals surface area (Å²) in [5, 5.41) is 1.95. The zero-order valence-electron chi connectivity index (χ0n) is 12.0. The van der Waals surface area contributed by atoms with Gasteiger partial charge in [-0.25, -0.2) is 4.98 Å². The van der Waals surface area contributed by atoms with E-state index in [0.29, 0.717) is 0 Å². The first-order valence-electron chi connectivity index (χ1n) is 7.33. The topological polar surface area (TPSA) is 52.2 Å². The van der Waals surface area contributed by atoms with Crippen LogP contribution < -0.4 is 4.90 Å². The highest BCUT2D eigenvalue weighted by molar-refractivity contribution is 7.12. The number of para-hydroxylation sites is 1. The number of carbonyl (C=O) groups excluding carboxylic acids is 1. The van der Waals surface area contributed by atoms with Crippen LogP contribution in [0.1, 0.15) is 9.67 Å². The van der Waals surface area contributed by atoms with Crippen molar-refractivity contribution in [2.75, 3.05) is 31.1 Å². The molecule has 1 fully saturated rings. The number of nitrogens with one attached hydrogen (secondary N) is 1. The van der Waals surface area contributed by atoms with Gasteiger partial charge < -0.3 is 14.8 Å². The van der Waals surface area contributed by atoms with Crippen LogP contribution in [-0.4, -0.2) is 47.0 Å². The number of H-pyrrole nitrogens is 1. The minimum absolute atomic E-state index is 0.146. The number of carbonyl (C=O) groups is 1. The minimum atomic E-state index is 0.146. The number of aromatic amines is 1. The van der Waals surface area contributed by atoms with E-state index in [1.165, 1.54) is 11.3 Å². The molecule has 0 radical (unpaired) electrons. The maximum absolute atomic E-state index is 12.4. The predicted octanol–water partition coefficient (Wildman–Crippen LogP) is 2.59. The Labute approximate surface area is 132 Å². The summed E-state index contributed by atoms with van der Waals surface area (Å²) in [4.78, 5) is 25.0. The Hall–Kier alpha value is -2.34. The molecule has 5 nitrogen and oxygen atoms in total. The number of anilines is 1. The van der Waals surface area contributed by atoms with Gasteiger partial charge in [0.2, 0.25) is 0 Å². The van der Waals surface area contributed by atoms with E-state index in [1.807, 2.05) is 34.5 Å². The van der Waals surface area contributed by atoms with Crippen LogP contribution in [0.15, 0.2) is 42.0 Å². The SMILES string of the molecule is O=C(c1cccs1)N1CCN(c2cccc3[nH]cnc23)CC1. The minimum Gasteiger partial charge on any atom is -0.366 e. The molecule has 2 aromatic heterocycles. The van der Waals surface area contributed by atoms with E-state index in [2.05, 4.69) is 20.9 Å². The predicted molar refractivity (Wildman–Crippen MR) is 88.5 cm³/mol. The molecule has 1 aliphatic heterocycles. The van der Waals surface area contributed by atoms with Gasteiger partial charge in [0.1, 0.15) is 5.52 Å². The largest absolute Gasteiger partial charge is 0.366 e. The molecule has 0 atom stereocenters. The van der Waals surface area contributed by atoms with Crippen LogP contribution in [-0.2, 0) is 0 Å². The number of hydrogen-bond acceptors (Lipinski definition) is 4. The molecule has 1 saturated heterocycles. The zero-order valence-corrected chi connectivity index (χ0v) is 12.8. The second-order valence-electron chi connectivity index (χ2n) is 5.33. The number of rotatable bonds is 2. The lowest BCUT2D eigenvalue weighted by Gasteiger charge is -2.36. The molecule has 1 amide bonds. The highest BCUT2D eigenvalue weighted by Gasteiger charge is 2.23. The smallest absolute Gasteiger partial charge is 0.264 e. The lowest BCUT2D eigenvalue weighted by Crippen LogP contribution is -2.48. The quantitative estimate of drug-likeness (QED) is 0.791. The highest BCUT2D eigenvalue weighted by Crippen LogP contribution is 2.25. The number of thiophene rings is 1. The lowest BCUT2D eigenvalue weighted by atomic mass is 10.2. The van der Waals surface area contributed by atoms with Crippen molar-refractivity contribution in [3.8, 4) is 0 Å². The Morgan fingerprint density at radius 2 is 2.00 bits per heavy atom. The highest BCUT2D eigenvalue weighted by atomic mass is 32.1. The van der Waals surface area contributed by atoms with Crippen molar-refractivity contribution < 1.29 is 4.79 Å². The lowest BCUT2D eigenvalue weighted by molar-refractivity contribution is 0.0752. The van der Waals surface area contributed by atoms with Crippen molar-refractivity contribution in [1.82, 2.24) is 14.9 Å². The first kappa shape index (κ1) is 13.3. The molecular formula is C16H16N4OS. The van der Waals surface area contributed by atoms with Gasteiger partial charge in [0, 0.05) is 26.2 Å². The summed E-state index contributed by atoms with van der Waals surface area (Å²) in [5.41, 5.74) is 3.19. The summed E-state index contributed by atoms with van der Waals surface area (Å²) in [6, 6.07) is 9.98. The Balaban J connectivity index is 1.50. The van der Waals surface area contributed by atoms with Crippen LogP contribution in [0.2, 0.25) is 0 Å². The van der Waals surface area contributed by atoms with Gasteiger partial charge in [-0.3, -0.25) is 4.79 Å². The number of piperazine rings is 1. The molecule has 3 aromatic rings. The third kappa shape index (κ3) is 2.25. The van der Waals surface area contributed by atoms with Gasteiger partial charge in [0.25, 0.3) is 5.91 Å². The third-order valence-electron chi connectivity index (χ3n) is 4.07. The average molecular weight is 312 g/mol. The van der Waals surface area contributed by atoms with Crippen molar-refractivity contribution in [3.63, 3.8) is 0 Å². The molecule has 0 saturated carbocycles. The molecule has 0 spiro atoms. The average Bonchev–Trinajstić information content (AvgIpc) is 3.25. The Bertz CT molecular complexity index is 787. The molecule has 1 N–H and O–H groups in total. The van der Waals surface area contributed by atoms with Crippen LogP contribution in [0, 0.1) is 0 Å². The number of imidazole rings is 1. The van der Waals surface area contributed by atoms with Gasteiger partial charge in [-0.05, 0) is 23.6 Å². The third-order valence-corrected chi connectivity index (χ3v) is 4.93. The number of fused-ring (bicyclic) bond motifs is 1. The van der Waals surface area contributed by atoms with E-state index in [0.717, 1.165) is 47.8 Å².